The number of H-pyrrole nitrogens is 1. The van der Waals surface area contributed by atoms with Gasteiger partial charge in [0.15, 0.2) is 0 Å². The summed E-state index contributed by atoms with van der Waals surface area (Å²) in [7, 11) is 0. The van der Waals surface area contributed by atoms with E-state index in [1.807, 2.05) is 31.3 Å². The van der Waals surface area contributed by atoms with Crippen LogP contribution in [0.4, 0.5) is 4.79 Å². The molecule has 0 spiro atoms. The van der Waals surface area contributed by atoms with Gasteiger partial charge in [0.2, 0.25) is 5.91 Å². The van der Waals surface area contributed by atoms with Gasteiger partial charge in [-0.3, -0.25) is 4.79 Å². The summed E-state index contributed by atoms with van der Waals surface area (Å²) in [6.07, 6.45) is 9.36. The number of hydrogen-bond donors (Lipinski definition) is 1. The third-order valence-corrected chi connectivity index (χ3v) is 7.04. The number of unbranched alkanes of at least 4 members (excludes halogenated alkanes) is 2. The van der Waals surface area contributed by atoms with Gasteiger partial charge in [0, 0.05) is 28.9 Å². The second kappa shape index (κ2) is 11.2. The van der Waals surface area contributed by atoms with Crippen LogP contribution < -0.4 is 0 Å². The van der Waals surface area contributed by atoms with Crippen molar-refractivity contribution < 1.29 is 14.3 Å². The second-order valence-corrected chi connectivity index (χ2v) is 9.69. The average Bonchev–Trinajstić information content (AvgIpc) is 3.30. The number of rotatable bonds is 12. The van der Waals surface area contributed by atoms with Gasteiger partial charge in [-0.15, -0.1) is 11.6 Å². The minimum atomic E-state index is -0.649. The number of aromatic amines is 1. The third-order valence-electron chi connectivity index (χ3n) is 6.67. The smallest absolute Gasteiger partial charge is 0.417 e. The van der Waals surface area contributed by atoms with Crippen molar-refractivity contribution in [2.24, 2.45) is 0 Å². The predicted octanol–water partition coefficient (Wildman–Crippen LogP) is 6.97. The van der Waals surface area contributed by atoms with Crippen LogP contribution in [0.2, 0.25) is 0 Å². The van der Waals surface area contributed by atoms with E-state index >= 15 is 0 Å². The van der Waals surface area contributed by atoms with Gasteiger partial charge in [-0.1, -0.05) is 58.2 Å². The Bertz CT molecular complexity index is 901. The number of nitrogens with one attached hydrogen (secondary N) is 1. The van der Waals surface area contributed by atoms with E-state index < -0.39 is 11.7 Å². The molecule has 2 heterocycles. The van der Waals surface area contributed by atoms with E-state index in [-0.39, 0.29) is 23.7 Å². The lowest BCUT2D eigenvalue weighted by Gasteiger charge is -2.35. The SMILES string of the molecule is CCCCC1(CCCC)OC(=O)N(C(=O)C[C@H](Cl)CCC)[C@H]1Cc1c[nH]c2ccccc12. The van der Waals surface area contributed by atoms with Gasteiger partial charge >= 0.3 is 6.09 Å². The van der Waals surface area contributed by atoms with E-state index in [9.17, 15) is 9.59 Å². The molecule has 2 atom stereocenters. The molecular formula is C26H37ClN2O3. The van der Waals surface area contributed by atoms with E-state index in [0.29, 0.717) is 6.42 Å². The first-order valence-electron chi connectivity index (χ1n) is 12.2. The summed E-state index contributed by atoms with van der Waals surface area (Å²) >= 11 is 6.40. The first-order chi connectivity index (χ1) is 15.5. The Morgan fingerprint density at radius 1 is 1.16 bits per heavy atom. The summed E-state index contributed by atoms with van der Waals surface area (Å²) in [6.45, 7) is 6.33. The summed E-state index contributed by atoms with van der Waals surface area (Å²) in [4.78, 5) is 31.2. The normalized spacial score (nSPS) is 18.8. The molecule has 32 heavy (non-hydrogen) atoms. The van der Waals surface area contributed by atoms with Crippen molar-refractivity contribution >= 4 is 34.5 Å². The van der Waals surface area contributed by atoms with Crippen LogP contribution in [0.5, 0.6) is 0 Å². The Morgan fingerprint density at radius 3 is 2.50 bits per heavy atom. The van der Waals surface area contributed by atoms with Crippen LogP contribution in [-0.4, -0.2) is 38.9 Å². The number of carbonyl (C=O) groups excluding carboxylic acids is 2. The number of ether oxygens (including phenoxy) is 1. The predicted molar refractivity (Wildman–Crippen MR) is 130 cm³/mol. The number of halogens is 1. The minimum absolute atomic E-state index is 0.159. The van der Waals surface area contributed by atoms with E-state index in [1.165, 1.54) is 4.90 Å². The van der Waals surface area contributed by atoms with Gasteiger partial charge in [0.25, 0.3) is 0 Å². The maximum Gasteiger partial charge on any atom is 0.417 e. The highest BCUT2D eigenvalue weighted by molar-refractivity contribution is 6.22. The third kappa shape index (κ3) is 5.31. The van der Waals surface area contributed by atoms with E-state index in [0.717, 1.165) is 67.8 Å². The molecule has 2 aromatic rings. The van der Waals surface area contributed by atoms with Crippen molar-refractivity contribution in [3.05, 3.63) is 36.0 Å². The molecule has 5 nitrogen and oxygen atoms in total. The first-order valence-corrected chi connectivity index (χ1v) is 12.6. The van der Waals surface area contributed by atoms with Crippen LogP contribution in [0.25, 0.3) is 10.9 Å². The highest BCUT2D eigenvalue weighted by atomic mass is 35.5. The highest BCUT2D eigenvalue weighted by Gasteiger charge is 2.55. The van der Waals surface area contributed by atoms with Crippen LogP contribution in [0, 0.1) is 0 Å². The van der Waals surface area contributed by atoms with E-state index in [4.69, 9.17) is 16.3 Å². The maximum atomic E-state index is 13.3. The second-order valence-electron chi connectivity index (χ2n) is 9.07. The molecule has 2 amide bonds. The fraction of sp³-hybridized carbons (Fsp3) is 0.615. The van der Waals surface area contributed by atoms with Crippen LogP contribution in [-0.2, 0) is 16.0 Å². The Kier molecular flexibility index (Phi) is 8.64. The van der Waals surface area contributed by atoms with E-state index in [2.05, 4.69) is 24.9 Å². The molecule has 0 bridgehead atoms. The van der Waals surface area contributed by atoms with Crippen LogP contribution in [0.3, 0.4) is 0 Å². The van der Waals surface area contributed by atoms with Gasteiger partial charge in [0.1, 0.15) is 5.60 Å². The molecule has 3 rings (SSSR count). The lowest BCUT2D eigenvalue weighted by molar-refractivity contribution is -0.130. The number of para-hydroxylation sites is 1. The lowest BCUT2D eigenvalue weighted by Crippen LogP contribution is -2.49. The Balaban J connectivity index is 1.98. The molecule has 1 N–H and O–H groups in total. The number of amides is 2. The molecule has 1 aliphatic rings. The van der Waals surface area contributed by atoms with Gasteiger partial charge in [-0.25, -0.2) is 9.69 Å². The molecule has 0 unspecified atom stereocenters. The van der Waals surface area contributed by atoms with Crippen molar-refractivity contribution in [1.82, 2.24) is 9.88 Å². The highest BCUT2D eigenvalue weighted by Crippen LogP contribution is 2.41. The number of cyclic esters (lactones) is 1. The number of aromatic nitrogens is 1. The molecule has 1 fully saturated rings. The van der Waals surface area contributed by atoms with Crippen LogP contribution >= 0.6 is 11.6 Å². The number of nitrogens with zero attached hydrogens (tertiary/aromatic N) is 1. The largest absolute Gasteiger partial charge is 0.440 e. The Labute approximate surface area is 196 Å². The summed E-state index contributed by atoms with van der Waals surface area (Å²) in [6, 6.07) is 7.82. The lowest BCUT2D eigenvalue weighted by atomic mass is 9.80. The number of fused-ring (bicyclic) bond motifs is 1. The maximum absolute atomic E-state index is 13.3. The van der Waals surface area contributed by atoms with Gasteiger partial charge in [-0.05, 0) is 50.2 Å². The van der Waals surface area contributed by atoms with Crippen molar-refractivity contribution in [3.8, 4) is 0 Å². The molecule has 1 saturated heterocycles. The first kappa shape index (κ1) is 24.6. The zero-order valence-electron chi connectivity index (χ0n) is 19.7. The fourth-order valence-corrected chi connectivity index (χ4v) is 5.28. The molecule has 176 valence electrons. The molecule has 1 aromatic heterocycles. The van der Waals surface area contributed by atoms with Gasteiger partial charge in [-0.2, -0.15) is 0 Å². The average molecular weight is 461 g/mol. The number of alkyl halides is 1. The Morgan fingerprint density at radius 2 is 1.84 bits per heavy atom. The number of benzene rings is 1. The van der Waals surface area contributed by atoms with Crippen molar-refractivity contribution in [1.29, 1.82) is 0 Å². The topological polar surface area (TPSA) is 62.4 Å². The molecular weight excluding hydrogens is 424 g/mol. The summed E-state index contributed by atoms with van der Waals surface area (Å²) < 4.78 is 6.11. The molecule has 0 saturated carbocycles. The van der Waals surface area contributed by atoms with E-state index in [1.54, 1.807) is 0 Å². The van der Waals surface area contributed by atoms with Gasteiger partial charge < -0.3 is 9.72 Å². The van der Waals surface area contributed by atoms with Crippen molar-refractivity contribution in [2.75, 3.05) is 0 Å². The van der Waals surface area contributed by atoms with Crippen molar-refractivity contribution in [2.45, 2.75) is 102 Å². The molecule has 1 aliphatic heterocycles. The summed E-state index contributed by atoms with van der Waals surface area (Å²) in [5.74, 6) is -0.219. The van der Waals surface area contributed by atoms with Crippen LogP contribution in [0.1, 0.15) is 84.1 Å². The quantitative estimate of drug-likeness (QED) is 0.347. The fourth-order valence-electron chi connectivity index (χ4n) is 4.93. The number of imide groups is 1. The number of hydrogen-bond acceptors (Lipinski definition) is 3. The summed E-state index contributed by atoms with van der Waals surface area (Å²) in [5.41, 5.74) is 1.51. The Hall–Kier alpha value is -2.01. The zero-order valence-corrected chi connectivity index (χ0v) is 20.4. The van der Waals surface area contributed by atoms with Gasteiger partial charge in [0.05, 0.1) is 6.04 Å². The van der Waals surface area contributed by atoms with Crippen molar-refractivity contribution in [3.63, 3.8) is 0 Å². The number of carbonyl (C=O) groups is 2. The standard InChI is InChI=1S/C26H37ClN2O3/c1-4-7-14-26(15-8-5-2)23(16-19-18-28-22-13-10-9-12-21(19)22)29(25(31)32-26)24(30)17-20(27)11-6-3/h9-10,12-13,18,20,23,28H,4-8,11,14-17H2,1-3H3/t20-,23+/m1/s1. The zero-order chi connectivity index (χ0) is 23.1. The molecule has 0 radical (unpaired) electrons. The minimum Gasteiger partial charge on any atom is -0.440 e. The molecule has 1 aromatic carbocycles. The summed E-state index contributed by atoms with van der Waals surface area (Å²) in [5, 5.41) is 0.857. The molecule has 0 aliphatic carbocycles. The monoisotopic (exact) mass is 460 g/mol. The van der Waals surface area contributed by atoms with Crippen LogP contribution in [0.15, 0.2) is 30.5 Å². The molecule has 6 heteroatoms.